The SMILES string of the molecule is O=C(O)c1cc2c(s1)c(C1=CCCCC1)c(-c1ccc3nc(-c4ccccc4F)ccc3c1)n2CC(=O)N1CCOCC1. The summed E-state index contributed by atoms with van der Waals surface area (Å²) in [6, 6.07) is 18.1. The highest BCUT2D eigenvalue weighted by Gasteiger charge is 2.28. The molecule has 0 saturated carbocycles. The Morgan fingerprint density at radius 3 is 2.63 bits per heavy atom. The lowest BCUT2D eigenvalue weighted by molar-refractivity contribution is -0.135. The molecule has 0 atom stereocenters. The van der Waals surface area contributed by atoms with Crippen LogP contribution in [-0.2, 0) is 16.1 Å². The van der Waals surface area contributed by atoms with Gasteiger partial charge in [0.2, 0.25) is 5.91 Å². The highest BCUT2D eigenvalue weighted by molar-refractivity contribution is 7.21. The zero-order valence-electron chi connectivity index (χ0n) is 23.5. The van der Waals surface area contributed by atoms with Crippen LogP contribution in [0.15, 0.2) is 66.7 Å². The van der Waals surface area contributed by atoms with Gasteiger partial charge in [0.05, 0.1) is 40.3 Å². The second-order valence-corrected chi connectivity index (χ2v) is 12.0. The maximum absolute atomic E-state index is 14.5. The first kappa shape index (κ1) is 27.5. The van der Waals surface area contributed by atoms with Crippen molar-refractivity contribution in [2.24, 2.45) is 0 Å². The van der Waals surface area contributed by atoms with E-state index in [1.807, 2.05) is 33.7 Å². The van der Waals surface area contributed by atoms with Gasteiger partial charge in [0, 0.05) is 29.6 Å². The van der Waals surface area contributed by atoms with Crippen molar-refractivity contribution in [2.75, 3.05) is 26.3 Å². The Morgan fingerprint density at radius 1 is 1.02 bits per heavy atom. The molecule has 7 rings (SSSR count). The Kier molecular flexibility index (Phi) is 7.28. The van der Waals surface area contributed by atoms with Gasteiger partial charge in [-0.05, 0) is 73.2 Å². The number of carbonyl (C=O) groups is 2. The van der Waals surface area contributed by atoms with Crippen molar-refractivity contribution in [3.63, 3.8) is 0 Å². The van der Waals surface area contributed by atoms with Gasteiger partial charge in [-0.1, -0.05) is 30.3 Å². The molecule has 5 aromatic rings. The van der Waals surface area contributed by atoms with Crippen molar-refractivity contribution in [3.05, 3.63) is 83.0 Å². The number of allylic oxidation sites excluding steroid dienone is 2. The second kappa shape index (κ2) is 11.4. The molecule has 1 aliphatic heterocycles. The monoisotopic (exact) mass is 595 g/mol. The third-order valence-corrected chi connectivity index (χ3v) is 9.46. The number of carboxylic acids is 1. The van der Waals surface area contributed by atoms with Gasteiger partial charge in [-0.25, -0.2) is 14.2 Å². The van der Waals surface area contributed by atoms with E-state index in [4.69, 9.17) is 9.72 Å². The summed E-state index contributed by atoms with van der Waals surface area (Å²) in [7, 11) is 0. The van der Waals surface area contributed by atoms with Crippen LogP contribution in [0.2, 0.25) is 0 Å². The van der Waals surface area contributed by atoms with E-state index in [1.165, 1.54) is 23.0 Å². The topological polar surface area (TPSA) is 84.7 Å². The fourth-order valence-corrected chi connectivity index (χ4v) is 7.28. The molecule has 1 N–H and O–H groups in total. The molecule has 2 aromatic carbocycles. The lowest BCUT2D eigenvalue weighted by atomic mass is 9.91. The van der Waals surface area contributed by atoms with Crippen LogP contribution in [0.5, 0.6) is 0 Å². The number of morpholine rings is 1. The first-order chi connectivity index (χ1) is 21.0. The van der Waals surface area contributed by atoms with Crippen LogP contribution in [0.3, 0.4) is 0 Å². The number of aromatic carboxylic acids is 1. The van der Waals surface area contributed by atoms with Gasteiger partial charge < -0.3 is 19.3 Å². The predicted molar refractivity (Wildman–Crippen MR) is 167 cm³/mol. The summed E-state index contributed by atoms with van der Waals surface area (Å²) >= 11 is 1.27. The Balaban J connectivity index is 1.41. The first-order valence-corrected chi connectivity index (χ1v) is 15.4. The van der Waals surface area contributed by atoms with Crippen LogP contribution in [0.1, 0.15) is 40.9 Å². The molecule has 0 unspecified atom stereocenters. The number of ether oxygens (including phenoxy) is 1. The van der Waals surface area contributed by atoms with Crippen molar-refractivity contribution in [2.45, 2.75) is 32.2 Å². The van der Waals surface area contributed by atoms with Crippen molar-refractivity contribution in [1.82, 2.24) is 14.5 Å². The highest BCUT2D eigenvalue weighted by atomic mass is 32.1. The van der Waals surface area contributed by atoms with Crippen LogP contribution in [0, 0.1) is 5.82 Å². The number of amides is 1. The Morgan fingerprint density at radius 2 is 1.86 bits per heavy atom. The zero-order chi connectivity index (χ0) is 29.5. The number of thiophene rings is 1. The Hall–Kier alpha value is -4.34. The van der Waals surface area contributed by atoms with Crippen molar-refractivity contribution < 1.29 is 23.8 Å². The van der Waals surface area contributed by atoms with Crippen LogP contribution < -0.4 is 0 Å². The zero-order valence-corrected chi connectivity index (χ0v) is 24.3. The number of halogens is 1. The largest absolute Gasteiger partial charge is 0.477 e. The molecule has 7 nitrogen and oxygen atoms in total. The number of benzene rings is 2. The minimum Gasteiger partial charge on any atom is -0.477 e. The summed E-state index contributed by atoms with van der Waals surface area (Å²) < 4.78 is 22.8. The van der Waals surface area contributed by atoms with E-state index in [2.05, 4.69) is 12.1 Å². The maximum Gasteiger partial charge on any atom is 0.345 e. The smallest absolute Gasteiger partial charge is 0.345 e. The minimum absolute atomic E-state index is 0.0225. The number of carbonyl (C=O) groups excluding carboxylic acids is 1. The van der Waals surface area contributed by atoms with Gasteiger partial charge in [-0.15, -0.1) is 11.3 Å². The fraction of sp³-hybridized carbons (Fsp3) is 0.265. The van der Waals surface area contributed by atoms with Gasteiger partial charge in [0.15, 0.2) is 0 Å². The molecule has 1 fully saturated rings. The van der Waals surface area contributed by atoms with Crippen molar-refractivity contribution in [1.29, 1.82) is 0 Å². The Bertz CT molecular complexity index is 1920. The van der Waals surface area contributed by atoms with Gasteiger partial charge in [-0.2, -0.15) is 0 Å². The molecule has 4 heterocycles. The van der Waals surface area contributed by atoms with Crippen molar-refractivity contribution in [3.8, 4) is 22.5 Å². The first-order valence-electron chi connectivity index (χ1n) is 14.6. The maximum atomic E-state index is 14.5. The van der Waals surface area contributed by atoms with Gasteiger partial charge >= 0.3 is 5.97 Å². The van der Waals surface area contributed by atoms with Crippen LogP contribution in [0.25, 0.3) is 49.2 Å². The Labute approximate surface area is 251 Å². The van der Waals surface area contributed by atoms with Crippen molar-refractivity contribution >= 4 is 49.9 Å². The van der Waals surface area contributed by atoms with E-state index in [-0.39, 0.29) is 23.1 Å². The summed E-state index contributed by atoms with van der Waals surface area (Å²) in [6.45, 7) is 2.18. The number of pyridine rings is 1. The molecular formula is C34H30FN3O4S. The number of fused-ring (bicyclic) bond motifs is 2. The summed E-state index contributed by atoms with van der Waals surface area (Å²) in [6.07, 6.45) is 6.30. The number of hydrogen-bond acceptors (Lipinski definition) is 5. The summed E-state index contributed by atoms with van der Waals surface area (Å²) in [4.78, 5) is 32.5. The van der Waals surface area contributed by atoms with Crippen LogP contribution >= 0.6 is 11.3 Å². The quantitative estimate of drug-likeness (QED) is 0.224. The molecule has 3 aromatic heterocycles. The van der Waals surface area contributed by atoms with Crippen LogP contribution in [-0.4, -0.2) is 57.7 Å². The molecule has 2 aliphatic rings. The molecule has 1 saturated heterocycles. The van der Waals surface area contributed by atoms with Crippen LogP contribution in [0.4, 0.5) is 4.39 Å². The van der Waals surface area contributed by atoms with Gasteiger partial charge in [-0.3, -0.25) is 4.79 Å². The van der Waals surface area contributed by atoms with Gasteiger partial charge in [0.25, 0.3) is 0 Å². The minimum atomic E-state index is -0.972. The molecule has 1 amide bonds. The second-order valence-electron chi connectivity index (χ2n) is 11.0. The van der Waals surface area contributed by atoms with E-state index < -0.39 is 5.97 Å². The average Bonchev–Trinajstić information content (AvgIpc) is 3.60. The number of aromatic nitrogens is 2. The predicted octanol–water partition coefficient (Wildman–Crippen LogP) is 7.24. The normalized spacial score (nSPS) is 15.7. The lowest BCUT2D eigenvalue weighted by Crippen LogP contribution is -2.42. The van der Waals surface area contributed by atoms with E-state index in [0.717, 1.165) is 63.6 Å². The van der Waals surface area contributed by atoms with E-state index in [9.17, 15) is 19.1 Å². The number of hydrogen-bond donors (Lipinski definition) is 1. The lowest BCUT2D eigenvalue weighted by Gasteiger charge is -2.27. The van der Waals surface area contributed by atoms with E-state index >= 15 is 0 Å². The summed E-state index contributed by atoms with van der Waals surface area (Å²) in [5.41, 5.74) is 6.54. The third kappa shape index (κ3) is 5.13. The fourth-order valence-electron chi connectivity index (χ4n) is 6.20. The standard InChI is InChI=1S/C34H30FN3O4S/c35-25-9-5-4-8-24(25)27-13-10-22-18-23(11-12-26(22)36-27)32-31(21-6-2-1-3-7-21)33-28(19-29(43-33)34(40)41)38(32)20-30(39)37-14-16-42-17-15-37/h4-6,8-13,18-19H,1-3,7,14-17,20H2,(H,40,41). The third-order valence-electron chi connectivity index (χ3n) is 8.33. The molecular weight excluding hydrogens is 565 g/mol. The molecule has 1 aliphatic carbocycles. The van der Waals surface area contributed by atoms with E-state index in [0.29, 0.717) is 37.6 Å². The molecule has 0 bridgehead atoms. The molecule has 43 heavy (non-hydrogen) atoms. The average molecular weight is 596 g/mol. The van der Waals surface area contributed by atoms with Gasteiger partial charge in [0.1, 0.15) is 17.2 Å². The van der Waals surface area contributed by atoms with E-state index in [1.54, 1.807) is 24.3 Å². The number of rotatable bonds is 6. The molecule has 0 spiro atoms. The summed E-state index contributed by atoms with van der Waals surface area (Å²) in [5.74, 6) is -1.31. The number of carboxylic acid groups (broad SMARTS) is 1. The molecule has 9 heteroatoms. The molecule has 0 radical (unpaired) electrons. The molecule has 218 valence electrons. The summed E-state index contributed by atoms with van der Waals surface area (Å²) in [5, 5.41) is 10.8. The highest BCUT2D eigenvalue weighted by Crippen LogP contribution is 2.45. The number of nitrogens with zero attached hydrogens (tertiary/aromatic N) is 3.